The highest BCUT2D eigenvalue weighted by Crippen LogP contribution is 2.33. The molecule has 4 heteroatoms. The van der Waals surface area contributed by atoms with Crippen LogP contribution in [-0.2, 0) is 16.1 Å². The lowest BCUT2D eigenvalue weighted by atomic mass is 10.00. The van der Waals surface area contributed by atoms with Crippen molar-refractivity contribution in [3.05, 3.63) is 58.4 Å². The number of hydrogen-bond donors (Lipinski definition) is 0. The van der Waals surface area contributed by atoms with Crippen LogP contribution in [0.15, 0.2) is 36.4 Å². The van der Waals surface area contributed by atoms with Crippen LogP contribution >= 0.6 is 11.6 Å². The molecular weight excluding hydrogens is 267 g/mol. The standard InChI is InChI=1S/C15H12ClFO2/c1-10-2-7-13(11-3-5-12(17)6-4-11)15(16)14(10)8-19-9-18/h2-7,9H,8H2,1H3. The van der Waals surface area contributed by atoms with Crippen LogP contribution in [0.5, 0.6) is 0 Å². The molecule has 0 unspecified atom stereocenters. The van der Waals surface area contributed by atoms with Crippen molar-refractivity contribution in [1.29, 1.82) is 0 Å². The molecule has 0 amide bonds. The predicted octanol–water partition coefficient (Wildman–Crippen LogP) is 4.13. The van der Waals surface area contributed by atoms with Gasteiger partial charge in [0, 0.05) is 11.1 Å². The molecule has 0 N–H and O–H groups in total. The van der Waals surface area contributed by atoms with Gasteiger partial charge in [0.1, 0.15) is 12.4 Å². The fourth-order valence-electron chi connectivity index (χ4n) is 1.86. The van der Waals surface area contributed by atoms with E-state index in [4.69, 9.17) is 16.3 Å². The van der Waals surface area contributed by atoms with Crippen LogP contribution in [0.2, 0.25) is 5.02 Å². The van der Waals surface area contributed by atoms with Crippen LogP contribution in [-0.4, -0.2) is 6.47 Å². The first kappa shape index (κ1) is 13.6. The highest BCUT2D eigenvalue weighted by Gasteiger charge is 2.11. The van der Waals surface area contributed by atoms with Crippen molar-refractivity contribution in [1.82, 2.24) is 0 Å². The van der Waals surface area contributed by atoms with E-state index in [0.717, 1.165) is 22.3 Å². The third-order valence-electron chi connectivity index (χ3n) is 2.93. The minimum Gasteiger partial charge on any atom is -0.463 e. The molecule has 0 atom stereocenters. The minimum atomic E-state index is -0.295. The summed E-state index contributed by atoms with van der Waals surface area (Å²) >= 11 is 6.33. The normalized spacial score (nSPS) is 10.3. The van der Waals surface area contributed by atoms with Gasteiger partial charge in [-0.15, -0.1) is 0 Å². The molecule has 0 aliphatic rings. The Kier molecular flexibility index (Phi) is 4.17. The molecule has 98 valence electrons. The summed E-state index contributed by atoms with van der Waals surface area (Å²) in [6, 6.07) is 9.86. The van der Waals surface area contributed by atoms with Gasteiger partial charge in [-0.2, -0.15) is 0 Å². The first-order chi connectivity index (χ1) is 9.13. The van der Waals surface area contributed by atoms with Crippen molar-refractivity contribution in [2.75, 3.05) is 0 Å². The number of carbonyl (C=O) groups excluding carboxylic acids is 1. The highest BCUT2D eigenvalue weighted by atomic mass is 35.5. The zero-order valence-electron chi connectivity index (χ0n) is 10.3. The molecule has 0 heterocycles. The van der Waals surface area contributed by atoms with Gasteiger partial charge in [-0.1, -0.05) is 35.9 Å². The molecule has 2 nitrogen and oxygen atoms in total. The van der Waals surface area contributed by atoms with Gasteiger partial charge in [0.05, 0.1) is 5.02 Å². The molecule has 0 spiro atoms. The Balaban J connectivity index is 2.46. The summed E-state index contributed by atoms with van der Waals surface area (Å²) in [5, 5.41) is 0.522. The summed E-state index contributed by atoms with van der Waals surface area (Å²) in [6.07, 6.45) is 0. The fourth-order valence-corrected chi connectivity index (χ4v) is 2.24. The van der Waals surface area contributed by atoms with Gasteiger partial charge in [-0.05, 0) is 30.2 Å². The molecule has 0 saturated carbocycles. The summed E-state index contributed by atoms with van der Waals surface area (Å²) in [4.78, 5) is 10.3. The van der Waals surface area contributed by atoms with Crippen molar-refractivity contribution in [2.24, 2.45) is 0 Å². The number of rotatable bonds is 4. The Hall–Kier alpha value is -1.87. The number of ether oxygens (including phenoxy) is 1. The molecule has 2 aromatic carbocycles. The third-order valence-corrected chi connectivity index (χ3v) is 3.36. The number of hydrogen-bond acceptors (Lipinski definition) is 2. The lowest BCUT2D eigenvalue weighted by Crippen LogP contribution is -1.96. The molecule has 0 fully saturated rings. The fraction of sp³-hybridized carbons (Fsp3) is 0.133. The largest absolute Gasteiger partial charge is 0.463 e. The van der Waals surface area contributed by atoms with E-state index in [-0.39, 0.29) is 12.4 Å². The van der Waals surface area contributed by atoms with E-state index in [0.29, 0.717) is 11.5 Å². The van der Waals surface area contributed by atoms with E-state index >= 15 is 0 Å². The molecule has 0 bridgehead atoms. The lowest BCUT2D eigenvalue weighted by Gasteiger charge is -2.12. The van der Waals surface area contributed by atoms with Gasteiger partial charge >= 0.3 is 0 Å². The molecule has 19 heavy (non-hydrogen) atoms. The second kappa shape index (κ2) is 5.85. The maximum atomic E-state index is 12.9. The molecule has 0 radical (unpaired) electrons. The van der Waals surface area contributed by atoms with Gasteiger partial charge in [0.25, 0.3) is 6.47 Å². The van der Waals surface area contributed by atoms with Gasteiger partial charge < -0.3 is 4.74 Å². The third kappa shape index (κ3) is 2.93. The zero-order chi connectivity index (χ0) is 13.8. The minimum absolute atomic E-state index is 0.128. The first-order valence-electron chi connectivity index (χ1n) is 5.72. The van der Waals surface area contributed by atoms with E-state index in [1.165, 1.54) is 12.1 Å². The smallest absolute Gasteiger partial charge is 0.293 e. The number of halogens is 2. The highest BCUT2D eigenvalue weighted by molar-refractivity contribution is 6.34. The Morgan fingerprint density at radius 1 is 1.21 bits per heavy atom. The topological polar surface area (TPSA) is 26.3 Å². The van der Waals surface area contributed by atoms with E-state index in [9.17, 15) is 9.18 Å². The van der Waals surface area contributed by atoms with Crippen molar-refractivity contribution < 1.29 is 13.9 Å². The van der Waals surface area contributed by atoms with Crippen LogP contribution in [0.4, 0.5) is 4.39 Å². The maximum Gasteiger partial charge on any atom is 0.293 e. The number of benzene rings is 2. The Morgan fingerprint density at radius 2 is 1.89 bits per heavy atom. The van der Waals surface area contributed by atoms with E-state index < -0.39 is 0 Å². The van der Waals surface area contributed by atoms with Crippen LogP contribution in [0.3, 0.4) is 0 Å². The maximum absolute atomic E-state index is 12.9. The number of aryl methyl sites for hydroxylation is 1. The van der Waals surface area contributed by atoms with E-state index in [1.807, 2.05) is 19.1 Å². The molecular formula is C15H12ClFO2. The molecule has 0 aliphatic heterocycles. The van der Waals surface area contributed by atoms with Crippen LogP contribution < -0.4 is 0 Å². The van der Waals surface area contributed by atoms with Crippen molar-refractivity contribution in [2.45, 2.75) is 13.5 Å². The van der Waals surface area contributed by atoms with E-state index in [2.05, 4.69) is 0 Å². The molecule has 2 rings (SSSR count). The predicted molar refractivity (Wildman–Crippen MR) is 72.4 cm³/mol. The number of carbonyl (C=O) groups is 1. The lowest BCUT2D eigenvalue weighted by molar-refractivity contribution is -0.129. The average Bonchev–Trinajstić information content (AvgIpc) is 2.40. The van der Waals surface area contributed by atoms with Crippen LogP contribution in [0, 0.1) is 12.7 Å². The van der Waals surface area contributed by atoms with Gasteiger partial charge in [0.2, 0.25) is 0 Å². The van der Waals surface area contributed by atoms with Crippen LogP contribution in [0.25, 0.3) is 11.1 Å². The molecule has 0 aromatic heterocycles. The van der Waals surface area contributed by atoms with Crippen molar-refractivity contribution >= 4 is 18.1 Å². The average molecular weight is 279 g/mol. The van der Waals surface area contributed by atoms with Gasteiger partial charge in [-0.25, -0.2) is 4.39 Å². The summed E-state index contributed by atoms with van der Waals surface area (Å²) < 4.78 is 17.7. The molecule has 0 aliphatic carbocycles. The summed E-state index contributed by atoms with van der Waals surface area (Å²) in [5.41, 5.74) is 3.31. The summed E-state index contributed by atoms with van der Waals surface area (Å²) in [5.74, 6) is -0.295. The molecule has 0 saturated heterocycles. The Labute approximate surface area is 115 Å². The SMILES string of the molecule is Cc1ccc(-c2ccc(F)cc2)c(Cl)c1COC=O. The summed E-state index contributed by atoms with van der Waals surface area (Å²) in [6.45, 7) is 2.41. The zero-order valence-corrected chi connectivity index (χ0v) is 11.1. The first-order valence-corrected chi connectivity index (χ1v) is 6.10. The van der Waals surface area contributed by atoms with Crippen molar-refractivity contribution in [3.8, 4) is 11.1 Å². The van der Waals surface area contributed by atoms with Gasteiger partial charge in [0.15, 0.2) is 0 Å². The second-order valence-electron chi connectivity index (χ2n) is 4.14. The molecule has 2 aromatic rings. The van der Waals surface area contributed by atoms with Crippen molar-refractivity contribution in [3.63, 3.8) is 0 Å². The quantitative estimate of drug-likeness (QED) is 0.786. The summed E-state index contributed by atoms with van der Waals surface area (Å²) in [7, 11) is 0. The van der Waals surface area contributed by atoms with E-state index in [1.54, 1.807) is 12.1 Å². The van der Waals surface area contributed by atoms with Gasteiger partial charge in [-0.3, -0.25) is 4.79 Å². The second-order valence-corrected chi connectivity index (χ2v) is 4.51. The Morgan fingerprint density at radius 3 is 2.53 bits per heavy atom. The Bertz CT molecular complexity index is 594. The monoisotopic (exact) mass is 278 g/mol. The van der Waals surface area contributed by atoms with Crippen LogP contribution in [0.1, 0.15) is 11.1 Å².